The highest BCUT2D eigenvalue weighted by atomic mass is 79.9. The fourth-order valence-corrected chi connectivity index (χ4v) is 2.53. The van der Waals surface area contributed by atoms with Gasteiger partial charge >= 0.3 is 0 Å². The molecule has 0 aliphatic heterocycles. The number of halogens is 1. The van der Waals surface area contributed by atoms with Crippen molar-refractivity contribution in [2.75, 3.05) is 19.0 Å². The van der Waals surface area contributed by atoms with Gasteiger partial charge in [-0.25, -0.2) is 0 Å². The molecule has 0 fully saturated rings. The van der Waals surface area contributed by atoms with Gasteiger partial charge in [0.15, 0.2) is 0 Å². The molecule has 1 N–H and O–H groups in total. The zero-order valence-electron chi connectivity index (χ0n) is 12.6. The first kappa shape index (κ1) is 15.7. The molecular formula is C17H20BrNO2. The van der Waals surface area contributed by atoms with Gasteiger partial charge in [0.05, 0.1) is 19.4 Å². The lowest BCUT2D eigenvalue weighted by Crippen LogP contribution is -2.04. The quantitative estimate of drug-likeness (QED) is 0.814. The second-order valence-corrected chi connectivity index (χ2v) is 5.66. The molecule has 0 radical (unpaired) electrons. The summed E-state index contributed by atoms with van der Waals surface area (Å²) in [5.41, 5.74) is 3.27. The third kappa shape index (κ3) is 4.14. The second-order valence-electron chi connectivity index (χ2n) is 4.74. The first-order valence-electron chi connectivity index (χ1n) is 6.93. The highest BCUT2D eigenvalue weighted by Gasteiger charge is 2.07. The van der Waals surface area contributed by atoms with Crippen LogP contribution in [0.15, 0.2) is 40.9 Å². The van der Waals surface area contributed by atoms with E-state index < -0.39 is 0 Å². The Balaban J connectivity index is 2.18. The monoisotopic (exact) mass is 349 g/mol. The molecule has 0 unspecified atom stereocenters. The molecule has 0 heterocycles. The molecule has 112 valence electrons. The van der Waals surface area contributed by atoms with Crippen LogP contribution >= 0.6 is 15.9 Å². The zero-order valence-corrected chi connectivity index (χ0v) is 14.2. The lowest BCUT2D eigenvalue weighted by atomic mass is 10.1. The SMILES string of the molecule is CCOc1cc(C)ccc1NCc1cc(Br)ccc1OC. The van der Waals surface area contributed by atoms with Crippen LogP contribution in [0.5, 0.6) is 11.5 Å². The summed E-state index contributed by atoms with van der Waals surface area (Å²) < 4.78 is 12.1. The van der Waals surface area contributed by atoms with Gasteiger partial charge in [-0.15, -0.1) is 0 Å². The van der Waals surface area contributed by atoms with Crippen LogP contribution in [-0.4, -0.2) is 13.7 Å². The van der Waals surface area contributed by atoms with E-state index in [1.807, 2.05) is 31.2 Å². The number of ether oxygens (including phenoxy) is 2. The molecule has 0 aliphatic rings. The van der Waals surface area contributed by atoms with Crippen LogP contribution in [0.4, 0.5) is 5.69 Å². The van der Waals surface area contributed by atoms with Crippen LogP contribution < -0.4 is 14.8 Å². The Morgan fingerprint density at radius 3 is 2.62 bits per heavy atom. The first-order valence-corrected chi connectivity index (χ1v) is 7.73. The van der Waals surface area contributed by atoms with Crippen molar-refractivity contribution in [1.29, 1.82) is 0 Å². The number of benzene rings is 2. The molecule has 0 saturated heterocycles. The summed E-state index contributed by atoms with van der Waals surface area (Å²) in [6.45, 7) is 5.37. The van der Waals surface area contributed by atoms with E-state index in [4.69, 9.17) is 9.47 Å². The van der Waals surface area contributed by atoms with Gasteiger partial charge in [0.1, 0.15) is 11.5 Å². The number of methoxy groups -OCH3 is 1. The van der Waals surface area contributed by atoms with Crippen molar-refractivity contribution >= 4 is 21.6 Å². The fraction of sp³-hybridized carbons (Fsp3) is 0.294. The molecule has 0 atom stereocenters. The minimum Gasteiger partial charge on any atom is -0.496 e. The minimum atomic E-state index is 0.651. The Kier molecular flexibility index (Phi) is 5.51. The maximum absolute atomic E-state index is 5.68. The van der Waals surface area contributed by atoms with Crippen molar-refractivity contribution in [2.45, 2.75) is 20.4 Å². The second kappa shape index (κ2) is 7.36. The van der Waals surface area contributed by atoms with Gasteiger partial charge in [-0.1, -0.05) is 22.0 Å². The number of anilines is 1. The van der Waals surface area contributed by atoms with Crippen LogP contribution in [0.2, 0.25) is 0 Å². The van der Waals surface area contributed by atoms with E-state index >= 15 is 0 Å². The van der Waals surface area contributed by atoms with Crippen LogP contribution in [0.3, 0.4) is 0 Å². The van der Waals surface area contributed by atoms with Gasteiger partial charge in [-0.3, -0.25) is 0 Å². The normalized spacial score (nSPS) is 10.3. The molecule has 0 aliphatic carbocycles. The maximum Gasteiger partial charge on any atom is 0.142 e. The van der Waals surface area contributed by atoms with E-state index in [1.54, 1.807) is 7.11 Å². The number of nitrogens with one attached hydrogen (secondary N) is 1. The summed E-state index contributed by atoms with van der Waals surface area (Å²) in [7, 11) is 1.68. The van der Waals surface area contributed by atoms with Gasteiger partial charge in [-0.05, 0) is 49.7 Å². The van der Waals surface area contributed by atoms with Crippen molar-refractivity contribution in [3.05, 3.63) is 52.0 Å². The maximum atomic E-state index is 5.68. The van der Waals surface area contributed by atoms with E-state index in [9.17, 15) is 0 Å². The van der Waals surface area contributed by atoms with Crippen LogP contribution in [0.1, 0.15) is 18.1 Å². The molecule has 0 bridgehead atoms. The number of rotatable bonds is 6. The Bertz CT molecular complexity index is 614. The molecule has 0 aromatic heterocycles. The minimum absolute atomic E-state index is 0.651. The van der Waals surface area contributed by atoms with E-state index in [2.05, 4.69) is 40.3 Å². The van der Waals surface area contributed by atoms with E-state index in [1.165, 1.54) is 5.56 Å². The summed E-state index contributed by atoms with van der Waals surface area (Å²) in [6, 6.07) is 12.2. The molecule has 2 rings (SSSR count). The summed E-state index contributed by atoms with van der Waals surface area (Å²) in [5.74, 6) is 1.75. The first-order chi connectivity index (χ1) is 10.1. The van der Waals surface area contributed by atoms with E-state index in [-0.39, 0.29) is 0 Å². The lowest BCUT2D eigenvalue weighted by Gasteiger charge is -2.15. The summed E-state index contributed by atoms with van der Waals surface area (Å²) >= 11 is 3.49. The lowest BCUT2D eigenvalue weighted by molar-refractivity contribution is 0.341. The summed E-state index contributed by atoms with van der Waals surface area (Å²) in [6.07, 6.45) is 0. The third-order valence-corrected chi connectivity index (χ3v) is 3.64. The molecule has 2 aromatic rings. The average molecular weight is 350 g/mol. The van der Waals surface area contributed by atoms with Crippen molar-refractivity contribution in [1.82, 2.24) is 0 Å². The number of aryl methyl sites for hydroxylation is 1. The highest BCUT2D eigenvalue weighted by molar-refractivity contribution is 9.10. The molecule has 21 heavy (non-hydrogen) atoms. The Morgan fingerprint density at radius 2 is 1.90 bits per heavy atom. The number of hydrogen-bond acceptors (Lipinski definition) is 3. The smallest absolute Gasteiger partial charge is 0.142 e. The summed E-state index contributed by atoms with van der Waals surface area (Å²) in [4.78, 5) is 0. The molecule has 0 spiro atoms. The highest BCUT2D eigenvalue weighted by Crippen LogP contribution is 2.28. The Labute approximate surface area is 134 Å². The van der Waals surface area contributed by atoms with Crippen LogP contribution in [-0.2, 0) is 6.54 Å². The van der Waals surface area contributed by atoms with Crippen LogP contribution in [0, 0.1) is 6.92 Å². The van der Waals surface area contributed by atoms with Crippen LogP contribution in [0.25, 0.3) is 0 Å². The average Bonchev–Trinajstić information content (AvgIpc) is 2.47. The fourth-order valence-electron chi connectivity index (χ4n) is 2.13. The molecular weight excluding hydrogens is 330 g/mol. The number of hydrogen-bond donors (Lipinski definition) is 1. The van der Waals surface area contributed by atoms with Gasteiger partial charge in [-0.2, -0.15) is 0 Å². The molecule has 0 saturated carbocycles. The predicted molar refractivity (Wildman–Crippen MR) is 90.4 cm³/mol. The molecule has 4 heteroatoms. The summed E-state index contributed by atoms with van der Waals surface area (Å²) in [5, 5.41) is 3.42. The zero-order chi connectivity index (χ0) is 15.2. The Hall–Kier alpha value is -1.68. The van der Waals surface area contributed by atoms with E-state index in [0.29, 0.717) is 13.2 Å². The largest absolute Gasteiger partial charge is 0.496 e. The van der Waals surface area contributed by atoms with Gasteiger partial charge in [0.25, 0.3) is 0 Å². The van der Waals surface area contributed by atoms with Crippen molar-refractivity contribution in [3.8, 4) is 11.5 Å². The van der Waals surface area contributed by atoms with E-state index in [0.717, 1.165) is 27.2 Å². The third-order valence-electron chi connectivity index (χ3n) is 3.15. The molecule has 2 aromatic carbocycles. The molecule has 3 nitrogen and oxygen atoms in total. The van der Waals surface area contributed by atoms with Gasteiger partial charge in [0, 0.05) is 16.6 Å². The van der Waals surface area contributed by atoms with Crippen molar-refractivity contribution in [2.24, 2.45) is 0 Å². The van der Waals surface area contributed by atoms with Gasteiger partial charge in [0.2, 0.25) is 0 Å². The molecule has 0 amide bonds. The van der Waals surface area contributed by atoms with Crippen molar-refractivity contribution < 1.29 is 9.47 Å². The standard InChI is InChI=1S/C17H20BrNO2/c1-4-21-17-9-12(2)5-7-15(17)19-11-13-10-14(18)6-8-16(13)20-3/h5-10,19H,4,11H2,1-3H3. The topological polar surface area (TPSA) is 30.5 Å². The Morgan fingerprint density at radius 1 is 1.10 bits per heavy atom. The van der Waals surface area contributed by atoms with Gasteiger partial charge < -0.3 is 14.8 Å². The van der Waals surface area contributed by atoms with Crippen molar-refractivity contribution in [3.63, 3.8) is 0 Å². The predicted octanol–water partition coefficient (Wildman–Crippen LogP) is 4.78.